The number of hydrogen-bond acceptors (Lipinski definition) is 8. The van der Waals surface area contributed by atoms with Crippen LogP contribution in [-0.2, 0) is 21.4 Å². The molecule has 2 heterocycles. The lowest BCUT2D eigenvalue weighted by Gasteiger charge is -2.48. The molecule has 8 heteroatoms. The van der Waals surface area contributed by atoms with Crippen LogP contribution >= 0.6 is 0 Å². The molecule has 1 saturated heterocycles. The summed E-state index contributed by atoms with van der Waals surface area (Å²) in [5, 5.41) is 3.51. The van der Waals surface area contributed by atoms with Gasteiger partial charge in [-0.3, -0.25) is 4.79 Å². The number of carbonyl (C=O) groups is 1. The Kier molecular flexibility index (Phi) is 8.04. The van der Waals surface area contributed by atoms with Crippen molar-refractivity contribution in [2.24, 2.45) is 0 Å². The summed E-state index contributed by atoms with van der Waals surface area (Å²) in [6.07, 6.45) is 0.0803. The number of piperazine rings is 1. The number of rotatable bonds is 7. The number of aryl methyl sites for hydroxylation is 1. The number of nitrogens with one attached hydrogen (secondary N) is 1. The molecule has 8 nitrogen and oxygen atoms in total. The Hall–Kier alpha value is -3.81. The maximum absolute atomic E-state index is 12.2. The number of methoxy groups -OCH3 is 2. The summed E-state index contributed by atoms with van der Waals surface area (Å²) >= 11 is 0. The average molecular weight is 532 g/mol. The van der Waals surface area contributed by atoms with Gasteiger partial charge in [0.25, 0.3) is 0 Å². The van der Waals surface area contributed by atoms with Crippen molar-refractivity contribution in [2.75, 3.05) is 49.0 Å². The minimum absolute atomic E-state index is 0.0200. The third-order valence-corrected chi connectivity index (χ3v) is 7.26. The molecule has 0 bridgehead atoms. The number of aromatic nitrogens is 2. The average Bonchev–Trinajstić information content (AvgIpc) is 2.88. The van der Waals surface area contributed by atoms with Crippen LogP contribution in [0.25, 0.3) is 0 Å². The zero-order chi connectivity index (χ0) is 28.4. The van der Waals surface area contributed by atoms with E-state index in [9.17, 15) is 4.79 Å². The molecule has 4 rings (SSSR count). The lowest BCUT2D eigenvalue weighted by Crippen LogP contribution is -2.60. The summed E-state index contributed by atoms with van der Waals surface area (Å²) in [7, 11) is 3.07. The van der Waals surface area contributed by atoms with E-state index < -0.39 is 0 Å². The molecule has 0 spiro atoms. The maximum atomic E-state index is 12.2. The highest BCUT2D eigenvalue weighted by Gasteiger charge is 2.35. The molecule has 2 aromatic carbocycles. The van der Waals surface area contributed by atoms with Gasteiger partial charge >= 0.3 is 5.97 Å². The summed E-state index contributed by atoms with van der Waals surface area (Å²) in [6, 6.07) is 16.5. The van der Waals surface area contributed by atoms with Crippen molar-refractivity contribution in [1.29, 1.82) is 0 Å². The van der Waals surface area contributed by atoms with Gasteiger partial charge in [0.05, 0.1) is 31.9 Å². The maximum Gasteiger partial charge on any atom is 0.311 e. The van der Waals surface area contributed by atoms with Gasteiger partial charge in [-0.15, -0.1) is 0 Å². The second-order valence-electron chi connectivity index (χ2n) is 11.8. The molecule has 0 aliphatic carbocycles. The van der Waals surface area contributed by atoms with Crippen LogP contribution in [0.2, 0.25) is 0 Å². The molecule has 1 aromatic heterocycles. The summed E-state index contributed by atoms with van der Waals surface area (Å²) in [5.74, 6) is 1.77. The van der Waals surface area contributed by atoms with E-state index in [1.54, 1.807) is 7.11 Å². The molecule has 1 aliphatic heterocycles. The molecule has 39 heavy (non-hydrogen) atoms. The van der Waals surface area contributed by atoms with Crippen LogP contribution in [-0.4, -0.2) is 55.3 Å². The number of esters is 1. The molecule has 1 N–H and O–H groups in total. The molecular formula is C31H41N5O3. The smallest absolute Gasteiger partial charge is 0.311 e. The van der Waals surface area contributed by atoms with E-state index in [-0.39, 0.29) is 23.3 Å². The number of benzene rings is 2. The number of anilines is 4. The first kappa shape index (κ1) is 28.2. The molecule has 208 valence electrons. The third kappa shape index (κ3) is 6.61. The van der Waals surface area contributed by atoms with Crippen molar-refractivity contribution < 1.29 is 14.3 Å². The lowest BCUT2D eigenvalue weighted by atomic mass is 9.86. The molecule has 0 amide bonds. The van der Waals surface area contributed by atoms with Crippen LogP contribution in [0.1, 0.15) is 51.4 Å². The Labute approximate surface area is 232 Å². The van der Waals surface area contributed by atoms with Crippen molar-refractivity contribution in [3.05, 3.63) is 65.4 Å². The summed E-state index contributed by atoms with van der Waals surface area (Å²) in [6.45, 7) is 15.4. The Morgan fingerprint density at radius 1 is 1.03 bits per heavy atom. The van der Waals surface area contributed by atoms with E-state index >= 15 is 0 Å². The Balaban J connectivity index is 1.64. The fourth-order valence-corrected chi connectivity index (χ4v) is 4.93. The quantitative estimate of drug-likeness (QED) is 0.392. The van der Waals surface area contributed by atoms with E-state index in [1.165, 1.54) is 12.7 Å². The van der Waals surface area contributed by atoms with Gasteiger partial charge in [0, 0.05) is 37.1 Å². The predicted molar refractivity (Wildman–Crippen MR) is 158 cm³/mol. The largest absolute Gasteiger partial charge is 0.497 e. The first-order valence-electron chi connectivity index (χ1n) is 13.4. The highest BCUT2D eigenvalue weighted by atomic mass is 16.5. The van der Waals surface area contributed by atoms with Crippen LogP contribution in [0.3, 0.4) is 0 Å². The van der Waals surface area contributed by atoms with E-state index in [4.69, 9.17) is 19.4 Å². The second-order valence-corrected chi connectivity index (χ2v) is 11.8. The minimum Gasteiger partial charge on any atom is -0.497 e. The van der Waals surface area contributed by atoms with Crippen molar-refractivity contribution in [3.63, 3.8) is 0 Å². The van der Waals surface area contributed by atoms with Gasteiger partial charge in [-0.2, -0.15) is 4.98 Å². The lowest BCUT2D eigenvalue weighted by molar-refractivity contribution is -0.139. The fraction of sp³-hybridized carbons (Fsp3) is 0.452. The van der Waals surface area contributed by atoms with Crippen molar-refractivity contribution >= 4 is 29.1 Å². The molecule has 3 aromatic rings. The van der Waals surface area contributed by atoms with Gasteiger partial charge in [0.1, 0.15) is 11.6 Å². The predicted octanol–water partition coefficient (Wildman–Crippen LogP) is 5.66. The minimum atomic E-state index is -0.332. The van der Waals surface area contributed by atoms with E-state index in [2.05, 4.69) is 87.0 Å². The number of carbonyl (C=O) groups excluding carboxylic acids is 1. The molecule has 1 aliphatic rings. The van der Waals surface area contributed by atoms with Crippen molar-refractivity contribution in [2.45, 2.75) is 58.9 Å². The normalized spacial score (nSPS) is 15.2. The van der Waals surface area contributed by atoms with Gasteiger partial charge in [0.15, 0.2) is 0 Å². The van der Waals surface area contributed by atoms with Crippen LogP contribution in [0, 0.1) is 6.92 Å². The van der Waals surface area contributed by atoms with E-state index in [0.29, 0.717) is 17.5 Å². The molecule has 0 radical (unpaired) electrons. The SMILES string of the molecule is COC(=O)Cc1cc(Nc2cc(C(C)(C)C)ccc2C)nc(N2CCN(c3ccc(OC)cc3)C(C)(C)C2)n1. The third-order valence-electron chi connectivity index (χ3n) is 7.26. The highest BCUT2D eigenvalue weighted by molar-refractivity contribution is 5.73. The van der Waals surface area contributed by atoms with Gasteiger partial charge in [0.2, 0.25) is 5.95 Å². The Bertz CT molecular complexity index is 1310. The molecule has 1 fully saturated rings. The molecule has 0 unspecified atom stereocenters. The Morgan fingerprint density at radius 2 is 1.74 bits per heavy atom. The number of ether oxygens (including phenoxy) is 2. The van der Waals surface area contributed by atoms with Crippen molar-refractivity contribution in [1.82, 2.24) is 9.97 Å². The second kappa shape index (κ2) is 11.1. The van der Waals surface area contributed by atoms with Gasteiger partial charge < -0.3 is 24.6 Å². The topological polar surface area (TPSA) is 79.8 Å². The van der Waals surface area contributed by atoms with Crippen molar-refractivity contribution in [3.8, 4) is 5.75 Å². The Morgan fingerprint density at radius 3 is 2.36 bits per heavy atom. The van der Waals surface area contributed by atoms with E-state index in [1.807, 2.05) is 18.2 Å². The van der Waals surface area contributed by atoms with Crippen LogP contribution < -0.4 is 19.9 Å². The highest BCUT2D eigenvalue weighted by Crippen LogP contribution is 2.32. The zero-order valence-corrected chi connectivity index (χ0v) is 24.5. The summed E-state index contributed by atoms with van der Waals surface area (Å²) < 4.78 is 10.3. The van der Waals surface area contributed by atoms with Gasteiger partial charge in [-0.1, -0.05) is 32.9 Å². The molecular weight excluding hydrogens is 490 g/mol. The van der Waals surface area contributed by atoms with Crippen LogP contribution in [0.15, 0.2) is 48.5 Å². The zero-order valence-electron chi connectivity index (χ0n) is 24.5. The summed E-state index contributed by atoms with van der Waals surface area (Å²) in [5.41, 5.74) is 4.95. The first-order chi connectivity index (χ1) is 18.4. The standard InChI is InChI=1S/C31H41N5O3/c1-21-9-10-22(30(2,3)4)17-26(21)33-27-18-23(19-28(37)39-8)32-29(34-27)35-15-16-36(31(5,6)20-35)24-11-13-25(38-7)14-12-24/h9-14,17-18H,15-16,19-20H2,1-8H3,(H,32,33,34). The number of nitrogens with zero attached hydrogens (tertiary/aromatic N) is 4. The number of hydrogen-bond donors (Lipinski definition) is 1. The van der Waals surface area contributed by atoms with E-state index in [0.717, 1.165) is 42.3 Å². The molecule has 0 atom stereocenters. The summed E-state index contributed by atoms with van der Waals surface area (Å²) in [4.78, 5) is 26.5. The van der Waals surface area contributed by atoms with Crippen LogP contribution in [0.5, 0.6) is 5.75 Å². The van der Waals surface area contributed by atoms with Gasteiger partial charge in [-0.25, -0.2) is 4.98 Å². The van der Waals surface area contributed by atoms with Crippen LogP contribution in [0.4, 0.5) is 23.1 Å². The molecule has 0 saturated carbocycles. The first-order valence-corrected chi connectivity index (χ1v) is 13.4. The fourth-order valence-electron chi connectivity index (χ4n) is 4.93. The monoisotopic (exact) mass is 531 g/mol. The van der Waals surface area contributed by atoms with Gasteiger partial charge in [-0.05, 0) is 67.6 Å².